The highest BCUT2D eigenvalue weighted by Gasteiger charge is 2.13. The van der Waals surface area contributed by atoms with Crippen LogP contribution < -0.4 is 10.6 Å². The molecule has 3 nitrogen and oxygen atoms in total. The van der Waals surface area contributed by atoms with Gasteiger partial charge < -0.3 is 15.4 Å². The molecule has 0 aromatic rings. The van der Waals surface area contributed by atoms with Crippen molar-refractivity contribution in [2.24, 2.45) is 0 Å². The Balaban J connectivity index is 0. The maximum atomic E-state index is 4.71. The van der Waals surface area contributed by atoms with Crippen LogP contribution in [-0.4, -0.2) is 39.4 Å². The number of hydrogen-bond acceptors (Lipinski definition) is 3. The molecule has 0 aliphatic carbocycles. The van der Waals surface area contributed by atoms with Crippen LogP contribution in [0.2, 0.25) is 0 Å². The van der Waals surface area contributed by atoms with Gasteiger partial charge in [-0.2, -0.15) is 0 Å². The summed E-state index contributed by atoms with van der Waals surface area (Å²) in [6, 6.07) is 0.833. The Morgan fingerprint density at radius 3 is 1.50 bits per heavy atom. The van der Waals surface area contributed by atoms with Crippen molar-refractivity contribution >= 4 is 0 Å². The summed E-state index contributed by atoms with van der Waals surface area (Å²) in [5, 5.41) is 5.85. The fourth-order valence-corrected chi connectivity index (χ4v) is 0.214. The van der Waals surface area contributed by atoms with Crippen molar-refractivity contribution in [3.63, 3.8) is 0 Å². The van der Waals surface area contributed by atoms with E-state index in [0.29, 0.717) is 6.10 Å². The second-order valence-electron chi connectivity index (χ2n) is 2.95. The summed E-state index contributed by atoms with van der Waals surface area (Å²) >= 11 is 0. The van der Waals surface area contributed by atoms with Crippen molar-refractivity contribution in [3.8, 4) is 0 Å². The first-order chi connectivity index (χ1) is 5.20. The molecule has 0 aromatic carbocycles. The molecule has 2 aliphatic heterocycles. The Hall–Kier alpha value is -0.120. The van der Waals surface area contributed by atoms with Gasteiger partial charge in [-0.25, -0.2) is 0 Å². The number of hydrogen-bond donors (Lipinski definition) is 2. The zero-order chi connectivity index (χ0) is 8.69. The van der Waals surface area contributed by atoms with Crippen LogP contribution in [0.1, 0.15) is 21.3 Å². The van der Waals surface area contributed by atoms with Gasteiger partial charge in [0.1, 0.15) is 0 Å². The molecule has 0 saturated carbocycles. The summed E-state index contributed by atoms with van der Waals surface area (Å²) in [5.41, 5.74) is 0. The third-order valence-corrected chi connectivity index (χ3v) is 1.11. The molecule has 0 bridgehead atoms. The van der Waals surface area contributed by atoms with E-state index in [9.17, 15) is 0 Å². The largest absolute Gasteiger partial charge is 0.373 e. The number of rotatable bonds is 0. The predicted octanol–water partition coefficient (Wildman–Crippen LogP) is 0.855. The van der Waals surface area contributed by atoms with Gasteiger partial charge in [0.25, 0.3) is 0 Å². The maximum absolute atomic E-state index is 4.71. The van der Waals surface area contributed by atoms with E-state index in [1.807, 2.05) is 14.1 Å². The van der Waals surface area contributed by atoms with Gasteiger partial charge in [-0.05, 0) is 27.9 Å². The smallest absolute Gasteiger partial charge is 0.0781 e. The van der Waals surface area contributed by atoms with Gasteiger partial charge in [-0.15, -0.1) is 0 Å². The Bertz CT molecular complexity index is 70.6. The first kappa shape index (κ1) is 14.4. The standard InChI is InChI=1S/C3H7N.C3H6O.C2H7N.CH4/c2*1-3-2-4-3;1-3-2;/h3-4H,2H2,1H3;3H,2H2,1H3;3H,1-2H3;1H4. The molecule has 2 N–H and O–H groups in total. The Morgan fingerprint density at radius 2 is 1.50 bits per heavy atom. The zero-order valence-corrected chi connectivity index (χ0v) is 7.98. The first-order valence-electron chi connectivity index (χ1n) is 4.14. The first-order valence-corrected chi connectivity index (χ1v) is 4.14. The van der Waals surface area contributed by atoms with Gasteiger partial charge in [0.15, 0.2) is 0 Å². The van der Waals surface area contributed by atoms with Gasteiger partial charge in [0.2, 0.25) is 0 Å². The van der Waals surface area contributed by atoms with E-state index in [2.05, 4.69) is 24.5 Å². The van der Waals surface area contributed by atoms with Crippen LogP contribution in [0, 0.1) is 0 Å². The zero-order valence-electron chi connectivity index (χ0n) is 7.98. The van der Waals surface area contributed by atoms with Crippen LogP contribution in [0.25, 0.3) is 0 Å². The van der Waals surface area contributed by atoms with Crippen molar-refractivity contribution in [1.82, 2.24) is 10.6 Å². The van der Waals surface area contributed by atoms with Crippen LogP contribution in [0.5, 0.6) is 0 Å². The van der Waals surface area contributed by atoms with E-state index >= 15 is 0 Å². The molecule has 3 heteroatoms. The molecule has 0 spiro atoms. The van der Waals surface area contributed by atoms with Crippen molar-refractivity contribution in [3.05, 3.63) is 0 Å². The highest BCUT2D eigenvalue weighted by atomic mass is 16.6. The highest BCUT2D eigenvalue weighted by molar-refractivity contribution is 4.76. The SMILES string of the molecule is C.CC1CN1.CC1CO1.CNC. The Morgan fingerprint density at radius 1 is 1.33 bits per heavy atom. The minimum absolute atomic E-state index is 0. The lowest BCUT2D eigenvalue weighted by atomic mass is 10.6. The van der Waals surface area contributed by atoms with E-state index in [0.717, 1.165) is 12.6 Å². The van der Waals surface area contributed by atoms with Crippen LogP contribution in [0.15, 0.2) is 0 Å². The predicted molar refractivity (Wildman–Crippen MR) is 54.6 cm³/mol. The van der Waals surface area contributed by atoms with E-state index < -0.39 is 0 Å². The molecule has 2 unspecified atom stereocenters. The maximum Gasteiger partial charge on any atom is 0.0781 e. The van der Waals surface area contributed by atoms with Crippen molar-refractivity contribution in [1.29, 1.82) is 0 Å². The lowest BCUT2D eigenvalue weighted by Crippen LogP contribution is -1.89. The topological polar surface area (TPSA) is 46.5 Å². The molecule has 2 atom stereocenters. The van der Waals surface area contributed by atoms with Crippen LogP contribution in [0.3, 0.4) is 0 Å². The van der Waals surface area contributed by atoms with E-state index in [1.165, 1.54) is 6.54 Å². The number of ether oxygens (including phenoxy) is 1. The van der Waals surface area contributed by atoms with Crippen LogP contribution >= 0.6 is 0 Å². The molecule has 76 valence electrons. The average Bonchev–Trinajstić information content (AvgIpc) is 2.76. The number of epoxide rings is 1. The van der Waals surface area contributed by atoms with E-state index in [1.54, 1.807) is 0 Å². The lowest BCUT2D eigenvalue weighted by Gasteiger charge is -1.59. The lowest BCUT2D eigenvalue weighted by molar-refractivity contribution is 0.423. The molecule has 0 radical (unpaired) electrons. The molecule has 12 heavy (non-hydrogen) atoms. The summed E-state index contributed by atoms with van der Waals surface area (Å²) in [6.07, 6.45) is 0.583. The average molecular weight is 176 g/mol. The third kappa shape index (κ3) is 22.5. The molecule has 2 rings (SSSR count). The Kier molecular flexibility index (Phi) is 10.8. The fourth-order valence-electron chi connectivity index (χ4n) is 0.214. The molecular formula is C9H24N2O. The summed E-state index contributed by atoms with van der Waals surface area (Å²) < 4.78 is 4.71. The third-order valence-electron chi connectivity index (χ3n) is 1.11. The van der Waals surface area contributed by atoms with Crippen molar-refractivity contribution < 1.29 is 4.74 Å². The molecule has 2 aliphatic rings. The monoisotopic (exact) mass is 176 g/mol. The molecule has 2 heterocycles. The normalized spacial score (nSPS) is 28.0. The summed E-state index contributed by atoms with van der Waals surface area (Å²) in [5.74, 6) is 0. The second-order valence-corrected chi connectivity index (χ2v) is 2.95. The minimum atomic E-state index is 0. The van der Waals surface area contributed by atoms with E-state index in [-0.39, 0.29) is 7.43 Å². The summed E-state index contributed by atoms with van der Waals surface area (Å²) in [7, 11) is 3.75. The molecule has 0 amide bonds. The van der Waals surface area contributed by atoms with Gasteiger partial charge in [-0.3, -0.25) is 0 Å². The molecule has 0 aromatic heterocycles. The summed E-state index contributed by atoms with van der Waals surface area (Å²) in [6.45, 7) is 6.44. The van der Waals surface area contributed by atoms with Gasteiger partial charge in [-0.1, -0.05) is 7.43 Å². The number of nitrogens with one attached hydrogen (secondary N) is 2. The van der Waals surface area contributed by atoms with Gasteiger partial charge in [0, 0.05) is 12.6 Å². The highest BCUT2D eigenvalue weighted by Crippen LogP contribution is 2.04. The van der Waals surface area contributed by atoms with Crippen LogP contribution in [-0.2, 0) is 4.74 Å². The van der Waals surface area contributed by atoms with Gasteiger partial charge in [0.05, 0.1) is 12.7 Å². The molecule has 2 saturated heterocycles. The fraction of sp³-hybridized carbons (Fsp3) is 1.00. The van der Waals surface area contributed by atoms with Gasteiger partial charge >= 0.3 is 0 Å². The quantitative estimate of drug-likeness (QED) is 0.538. The molecular weight excluding hydrogens is 152 g/mol. The second kappa shape index (κ2) is 8.97. The molecule has 2 fully saturated rings. The minimum Gasteiger partial charge on any atom is -0.373 e. The van der Waals surface area contributed by atoms with Crippen molar-refractivity contribution in [2.75, 3.05) is 27.2 Å². The Labute approximate surface area is 76.9 Å². The van der Waals surface area contributed by atoms with E-state index in [4.69, 9.17) is 4.74 Å². The summed E-state index contributed by atoms with van der Waals surface area (Å²) in [4.78, 5) is 0. The van der Waals surface area contributed by atoms with Crippen molar-refractivity contribution in [2.45, 2.75) is 33.4 Å². The van der Waals surface area contributed by atoms with Crippen LogP contribution in [0.4, 0.5) is 0 Å².